The highest BCUT2D eigenvalue weighted by atomic mass is 15.1. The van der Waals surface area contributed by atoms with Crippen LogP contribution in [0.2, 0.25) is 0 Å². The predicted molar refractivity (Wildman–Crippen MR) is 128 cm³/mol. The lowest BCUT2D eigenvalue weighted by Crippen LogP contribution is -1.74. The molecule has 2 heteroatoms. The van der Waals surface area contributed by atoms with Crippen LogP contribution in [0.4, 0.5) is 11.4 Å². The summed E-state index contributed by atoms with van der Waals surface area (Å²) in [6.07, 6.45) is 8.37. The Labute approximate surface area is 177 Å². The second kappa shape index (κ2) is 9.94. The van der Waals surface area contributed by atoms with Crippen molar-refractivity contribution in [1.82, 2.24) is 0 Å². The Hall–Kier alpha value is -4.04. The molecule has 0 unspecified atom stereocenters. The second-order valence-electron chi connectivity index (χ2n) is 6.88. The third kappa shape index (κ3) is 5.73. The van der Waals surface area contributed by atoms with E-state index in [4.69, 9.17) is 0 Å². The molecule has 4 aromatic carbocycles. The zero-order valence-electron chi connectivity index (χ0n) is 16.6. The van der Waals surface area contributed by atoms with Crippen molar-refractivity contribution >= 4 is 35.7 Å². The maximum atomic E-state index is 4.42. The molecule has 0 aliphatic rings. The van der Waals surface area contributed by atoms with E-state index in [0.717, 1.165) is 22.5 Å². The first-order valence-corrected chi connectivity index (χ1v) is 9.93. The molecule has 0 spiro atoms. The fourth-order valence-corrected chi connectivity index (χ4v) is 3.01. The van der Waals surface area contributed by atoms with Gasteiger partial charge in [0.25, 0.3) is 0 Å². The molecule has 0 saturated carbocycles. The molecule has 0 heterocycles. The topological polar surface area (TPSA) is 24.7 Å². The van der Waals surface area contributed by atoms with Gasteiger partial charge in [-0.15, -0.1) is 0 Å². The molecule has 0 aliphatic carbocycles. The molecule has 0 aromatic heterocycles. The van der Waals surface area contributed by atoms with Crippen LogP contribution in [0.15, 0.2) is 119 Å². The zero-order valence-corrected chi connectivity index (χ0v) is 16.6. The number of hydrogen-bond acceptors (Lipinski definition) is 2. The predicted octanol–water partition coefficient (Wildman–Crippen LogP) is 8.44. The van der Waals surface area contributed by atoms with Crippen molar-refractivity contribution in [2.24, 2.45) is 10.2 Å². The molecule has 0 saturated heterocycles. The smallest absolute Gasteiger partial charge is 0.0863 e. The summed E-state index contributed by atoms with van der Waals surface area (Å²) in [5.74, 6) is 0. The number of nitrogens with zero attached hydrogens (tertiary/aromatic N) is 2. The van der Waals surface area contributed by atoms with Crippen molar-refractivity contribution in [3.63, 3.8) is 0 Å². The van der Waals surface area contributed by atoms with E-state index >= 15 is 0 Å². The molecule has 0 aliphatic heterocycles. The van der Waals surface area contributed by atoms with Crippen molar-refractivity contribution in [3.05, 3.63) is 131 Å². The Morgan fingerprint density at radius 2 is 0.733 bits per heavy atom. The minimum absolute atomic E-state index is 0.829. The Morgan fingerprint density at radius 1 is 0.367 bits per heavy atom. The van der Waals surface area contributed by atoms with Crippen molar-refractivity contribution in [3.8, 4) is 0 Å². The zero-order chi connectivity index (χ0) is 20.4. The van der Waals surface area contributed by atoms with E-state index in [1.54, 1.807) is 0 Å². The average Bonchev–Trinajstić information content (AvgIpc) is 2.82. The molecule has 0 N–H and O–H groups in total. The molecular weight excluding hydrogens is 364 g/mol. The van der Waals surface area contributed by atoms with Gasteiger partial charge in [-0.3, -0.25) is 0 Å². The van der Waals surface area contributed by atoms with Gasteiger partial charge >= 0.3 is 0 Å². The fourth-order valence-electron chi connectivity index (χ4n) is 3.01. The lowest BCUT2D eigenvalue weighted by molar-refractivity contribution is 1.23. The highest BCUT2D eigenvalue weighted by Crippen LogP contribution is 2.22. The molecule has 0 bridgehead atoms. The van der Waals surface area contributed by atoms with Crippen molar-refractivity contribution in [2.75, 3.05) is 0 Å². The molecule has 0 atom stereocenters. The van der Waals surface area contributed by atoms with Crippen LogP contribution in [0.1, 0.15) is 22.3 Å². The first kappa shape index (κ1) is 19.3. The largest absolute Gasteiger partial charge is 0.151 e. The van der Waals surface area contributed by atoms with Gasteiger partial charge in [0.1, 0.15) is 0 Å². The van der Waals surface area contributed by atoms with Crippen LogP contribution in [0.25, 0.3) is 24.3 Å². The molecule has 4 aromatic rings. The van der Waals surface area contributed by atoms with Gasteiger partial charge in [0.05, 0.1) is 11.4 Å². The van der Waals surface area contributed by atoms with E-state index in [9.17, 15) is 0 Å². The summed E-state index contributed by atoms with van der Waals surface area (Å²) in [6, 6.07) is 36.6. The van der Waals surface area contributed by atoms with Crippen LogP contribution in [-0.4, -0.2) is 0 Å². The van der Waals surface area contributed by atoms with E-state index in [1.807, 2.05) is 72.8 Å². The second-order valence-corrected chi connectivity index (χ2v) is 6.88. The quantitative estimate of drug-likeness (QED) is 0.235. The summed E-state index contributed by atoms with van der Waals surface area (Å²) in [6.45, 7) is 0. The Bertz CT molecular complexity index is 1080. The van der Waals surface area contributed by atoms with Gasteiger partial charge in [-0.25, -0.2) is 0 Å². The van der Waals surface area contributed by atoms with E-state index in [2.05, 4.69) is 70.9 Å². The summed E-state index contributed by atoms with van der Waals surface area (Å²) < 4.78 is 0. The maximum absolute atomic E-state index is 4.42. The molecule has 30 heavy (non-hydrogen) atoms. The normalized spacial score (nSPS) is 11.6. The summed E-state index contributed by atoms with van der Waals surface area (Å²) in [5, 5.41) is 8.84. The van der Waals surface area contributed by atoms with Gasteiger partial charge < -0.3 is 0 Å². The maximum Gasteiger partial charge on any atom is 0.0863 e. The van der Waals surface area contributed by atoms with Gasteiger partial charge in [0, 0.05) is 0 Å². The van der Waals surface area contributed by atoms with Crippen LogP contribution >= 0.6 is 0 Å². The number of benzene rings is 4. The lowest BCUT2D eigenvalue weighted by Gasteiger charge is -1.98. The van der Waals surface area contributed by atoms with Gasteiger partial charge in [-0.1, -0.05) is 109 Å². The average molecular weight is 386 g/mol. The Kier molecular flexibility index (Phi) is 6.39. The van der Waals surface area contributed by atoms with Gasteiger partial charge in [0.15, 0.2) is 0 Å². The molecule has 144 valence electrons. The summed E-state index contributed by atoms with van der Waals surface area (Å²) >= 11 is 0. The van der Waals surface area contributed by atoms with E-state index < -0.39 is 0 Å². The Morgan fingerprint density at radius 3 is 1.17 bits per heavy atom. The minimum atomic E-state index is 0.829. The Balaban J connectivity index is 1.46. The van der Waals surface area contributed by atoms with Gasteiger partial charge in [-0.2, -0.15) is 10.2 Å². The van der Waals surface area contributed by atoms with Crippen LogP contribution in [0.3, 0.4) is 0 Å². The minimum Gasteiger partial charge on any atom is -0.151 e. The van der Waals surface area contributed by atoms with Crippen LogP contribution in [-0.2, 0) is 0 Å². The first-order chi connectivity index (χ1) is 14.8. The highest BCUT2D eigenvalue weighted by molar-refractivity contribution is 5.71. The van der Waals surface area contributed by atoms with E-state index in [-0.39, 0.29) is 0 Å². The highest BCUT2D eigenvalue weighted by Gasteiger charge is 1.95. The van der Waals surface area contributed by atoms with Gasteiger partial charge in [-0.05, 0) is 46.5 Å². The van der Waals surface area contributed by atoms with E-state index in [1.165, 1.54) is 11.1 Å². The molecule has 4 rings (SSSR count). The first-order valence-electron chi connectivity index (χ1n) is 9.93. The molecule has 0 radical (unpaired) electrons. The molecule has 0 amide bonds. The van der Waals surface area contributed by atoms with Crippen molar-refractivity contribution in [1.29, 1.82) is 0 Å². The van der Waals surface area contributed by atoms with Crippen molar-refractivity contribution in [2.45, 2.75) is 0 Å². The monoisotopic (exact) mass is 386 g/mol. The molecular formula is C28H22N2. The third-order valence-electron chi connectivity index (χ3n) is 4.56. The SMILES string of the molecule is C(=Cc1cccc(/N=N/c2cccc(C=Cc3ccccc3)c2)c1)c1ccccc1. The van der Waals surface area contributed by atoms with E-state index in [0.29, 0.717) is 0 Å². The summed E-state index contributed by atoms with van der Waals surface area (Å²) in [4.78, 5) is 0. The standard InChI is InChI=1S/C28H22N2/c1-3-9-23(10-4-1)17-19-25-13-7-15-27(21-25)29-30-28-16-8-14-26(22-28)20-18-24-11-5-2-6-12-24/h1-22H/b19-17?,20-18?,30-29+. The summed E-state index contributed by atoms with van der Waals surface area (Å²) in [7, 11) is 0. The van der Waals surface area contributed by atoms with Crippen LogP contribution in [0.5, 0.6) is 0 Å². The van der Waals surface area contributed by atoms with Crippen LogP contribution < -0.4 is 0 Å². The number of azo groups is 1. The fraction of sp³-hybridized carbons (Fsp3) is 0. The number of hydrogen-bond donors (Lipinski definition) is 0. The van der Waals surface area contributed by atoms with Crippen molar-refractivity contribution < 1.29 is 0 Å². The van der Waals surface area contributed by atoms with Crippen LogP contribution in [0, 0.1) is 0 Å². The summed E-state index contributed by atoms with van der Waals surface area (Å²) in [5.41, 5.74) is 6.19. The number of rotatable bonds is 6. The third-order valence-corrected chi connectivity index (χ3v) is 4.56. The molecule has 2 nitrogen and oxygen atoms in total. The molecule has 0 fully saturated rings. The van der Waals surface area contributed by atoms with Gasteiger partial charge in [0.2, 0.25) is 0 Å². The lowest BCUT2D eigenvalue weighted by atomic mass is 10.1.